The van der Waals surface area contributed by atoms with Gasteiger partial charge < -0.3 is 9.29 Å². The molecule has 0 saturated carbocycles. The van der Waals surface area contributed by atoms with Gasteiger partial charge in [-0.25, -0.2) is 13.2 Å². The van der Waals surface area contributed by atoms with Crippen LogP contribution in [0.15, 0.2) is 0 Å². The maximum absolute atomic E-state index is 9.94. The molecule has 10 heavy (non-hydrogen) atoms. The average Bonchev–Trinajstić information content (AvgIpc) is 1.64. The van der Waals surface area contributed by atoms with E-state index in [1.807, 2.05) is 0 Å². The van der Waals surface area contributed by atoms with Gasteiger partial charge in [-0.2, -0.15) is 0 Å². The van der Waals surface area contributed by atoms with E-state index in [0.29, 0.717) is 0 Å². The summed E-state index contributed by atoms with van der Waals surface area (Å²) < 4.78 is 32.9. The van der Waals surface area contributed by atoms with Crippen LogP contribution in [0.5, 0.6) is 0 Å². The van der Waals surface area contributed by atoms with Crippen LogP contribution in [-0.2, 0) is 14.9 Å². The molecule has 0 aliphatic heterocycles. The summed E-state index contributed by atoms with van der Waals surface area (Å²) in [4.78, 5) is 9.94. The van der Waals surface area contributed by atoms with Gasteiger partial charge in [0.05, 0.1) is 6.61 Å². The Morgan fingerprint density at radius 3 is 2.10 bits per heavy atom. The normalized spacial score (nSPS) is 9.80. The molecule has 0 heterocycles. The van der Waals surface area contributed by atoms with E-state index in [1.54, 1.807) is 0 Å². The Morgan fingerprint density at radius 2 is 2.00 bits per heavy atom. The minimum atomic E-state index is -4.88. The smallest absolute Gasteiger partial charge is 0.739 e. The van der Waals surface area contributed by atoms with Crippen LogP contribution < -0.4 is 18.9 Å². The molecule has 54 valence electrons. The van der Waals surface area contributed by atoms with Gasteiger partial charge in [0.2, 0.25) is 0 Å². The van der Waals surface area contributed by atoms with E-state index in [2.05, 4.69) is 4.74 Å². The molecule has 0 N–H and O–H groups in total. The van der Waals surface area contributed by atoms with Crippen LogP contribution in [0.25, 0.3) is 0 Å². The molecule has 0 amide bonds. The van der Waals surface area contributed by atoms with E-state index < -0.39 is 15.4 Å². The molecule has 0 rings (SSSR count). The van der Waals surface area contributed by atoms with Crippen LogP contribution in [-0.4, -0.2) is 24.9 Å². The van der Waals surface area contributed by atoms with E-state index in [-0.39, 0.29) is 25.5 Å². The molecule has 0 aromatic rings. The summed E-state index contributed by atoms with van der Waals surface area (Å²) in [6.07, 6.45) is 0. The minimum Gasteiger partial charge on any atom is -0.739 e. The first-order valence-electron chi connectivity index (χ1n) is 2.11. The fourth-order valence-electron chi connectivity index (χ4n) is 0.190. The predicted octanol–water partition coefficient (Wildman–Crippen LogP) is -3.31. The van der Waals surface area contributed by atoms with Gasteiger partial charge in [0, 0.05) is 0 Å². The van der Waals surface area contributed by atoms with Crippen LogP contribution in [0.2, 0.25) is 0 Å². The van der Waals surface area contributed by atoms with Gasteiger partial charge in [-0.3, -0.25) is 0 Å². The largest absolute Gasteiger partial charge is 1.00 e. The molecular formula is C3H5LiO5S. The first-order valence-corrected chi connectivity index (χ1v) is 3.52. The van der Waals surface area contributed by atoms with Crippen molar-refractivity contribution in [2.24, 2.45) is 0 Å². The number of ether oxygens (including phenoxy) is 1. The van der Waals surface area contributed by atoms with E-state index >= 15 is 0 Å². The van der Waals surface area contributed by atoms with Gasteiger partial charge in [-0.05, 0) is 6.92 Å². The molecule has 5 nitrogen and oxygen atoms in total. The Balaban J connectivity index is 0. The molecule has 0 aromatic carbocycles. The summed E-state index contributed by atoms with van der Waals surface area (Å²) in [5.74, 6) is 0. The summed E-state index contributed by atoms with van der Waals surface area (Å²) in [5.41, 5.74) is 0. The van der Waals surface area contributed by atoms with Gasteiger partial charge in [0.1, 0.15) is 0 Å². The van der Waals surface area contributed by atoms with Crippen molar-refractivity contribution in [1.82, 2.24) is 0 Å². The SMILES string of the molecule is CCOC(=O)S(=O)(=O)[O-].[Li+]. The third-order valence-electron chi connectivity index (χ3n) is 0.466. The van der Waals surface area contributed by atoms with E-state index in [4.69, 9.17) is 0 Å². The summed E-state index contributed by atoms with van der Waals surface area (Å²) in [6, 6.07) is 0. The number of carbonyl (C=O) groups is 1. The molecule has 0 unspecified atom stereocenters. The molecule has 0 radical (unpaired) electrons. The van der Waals surface area contributed by atoms with E-state index in [9.17, 15) is 17.8 Å². The second-order valence-corrected chi connectivity index (χ2v) is 2.38. The summed E-state index contributed by atoms with van der Waals surface area (Å²) >= 11 is 0. The fourth-order valence-corrected chi connectivity index (χ4v) is 0.452. The van der Waals surface area contributed by atoms with Crippen molar-refractivity contribution >= 4 is 15.4 Å². The average molecular weight is 160 g/mol. The molecule has 0 aromatic heterocycles. The molecule has 0 saturated heterocycles. The Bertz CT molecular complexity index is 195. The molecule has 0 spiro atoms. The zero-order valence-electron chi connectivity index (χ0n) is 5.66. The Morgan fingerprint density at radius 1 is 1.60 bits per heavy atom. The number of hydrogen-bond donors (Lipinski definition) is 0. The topological polar surface area (TPSA) is 83.5 Å². The van der Waals surface area contributed by atoms with Crippen molar-refractivity contribution in [2.75, 3.05) is 6.61 Å². The number of hydrogen-bond acceptors (Lipinski definition) is 5. The predicted molar refractivity (Wildman–Crippen MR) is 26.7 cm³/mol. The maximum atomic E-state index is 9.94. The van der Waals surface area contributed by atoms with Crippen LogP contribution in [0.4, 0.5) is 4.79 Å². The Labute approximate surface area is 70.7 Å². The van der Waals surface area contributed by atoms with Crippen LogP contribution in [0, 0.1) is 0 Å². The van der Waals surface area contributed by atoms with Crippen molar-refractivity contribution in [3.05, 3.63) is 0 Å². The standard InChI is InChI=1S/C3H6O5S.Li/c1-2-8-3(4)9(5,6)7;/h2H2,1H3,(H,5,6,7);/q;+1/p-1. The second-order valence-electron chi connectivity index (χ2n) is 1.14. The molecule has 0 atom stereocenters. The molecule has 0 aliphatic rings. The van der Waals surface area contributed by atoms with Crippen LogP contribution >= 0.6 is 0 Å². The summed E-state index contributed by atoms with van der Waals surface area (Å²) in [5, 5.41) is -1.72. The van der Waals surface area contributed by atoms with Crippen molar-refractivity contribution in [3.63, 3.8) is 0 Å². The molecule has 0 bridgehead atoms. The number of carbonyl (C=O) groups excluding carboxylic acids is 1. The van der Waals surface area contributed by atoms with Gasteiger partial charge in [0.25, 0.3) is 0 Å². The van der Waals surface area contributed by atoms with Crippen LogP contribution in [0.3, 0.4) is 0 Å². The zero-order chi connectivity index (χ0) is 7.49. The summed E-state index contributed by atoms with van der Waals surface area (Å²) in [6.45, 7) is 1.30. The molecular weight excluding hydrogens is 155 g/mol. The minimum absolute atomic E-state index is 0. The van der Waals surface area contributed by atoms with Gasteiger partial charge in [0.15, 0.2) is 10.1 Å². The molecule has 0 fully saturated rings. The van der Waals surface area contributed by atoms with Gasteiger partial charge in [-0.15, -0.1) is 0 Å². The quantitative estimate of drug-likeness (QED) is 0.228. The van der Waals surface area contributed by atoms with Gasteiger partial charge in [-0.1, -0.05) is 0 Å². The third kappa shape index (κ3) is 4.82. The number of rotatable bonds is 1. The van der Waals surface area contributed by atoms with E-state index in [0.717, 1.165) is 0 Å². The van der Waals surface area contributed by atoms with E-state index in [1.165, 1.54) is 6.92 Å². The first kappa shape index (κ1) is 12.6. The van der Waals surface area contributed by atoms with Crippen molar-refractivity contribution in [2.45, 2.75) is 6.92 Å². The van der Waals surface area contributed by atoms with Gasteiger partial charge >= 0.3 is 24.2 Å². The van der Waals surface area contributed by atoms with Crippen LogP contribution in [0.1, 0.15) is 6.92 Å². The third-order valence-corrected chi connectivity index (χ3v) is 0.992. The monoisotopic (exact) mass is 160 g/mol. The fraction of sp³-hybridized carbons (Fsp3) is 0.667. The molecule has 0 aliphatic carbocycles. The molecule has 7 heteroatoms. The Hall–Kier alpha value is -0.0226. The Kier molecular flexibility index (Phi) is 5.99. The first-order chi connectivity index (χ1) is 3.98. The zero-order valence-corrected chi connectivity index (χ0v) is 6.47. The second kappa shape index (κ2) is 4.74. The van der Waals surface area contributed by atoms with Crippen molar-refractivity contribution in [3.8, 4) is 0 Å². The summed E-state index contributed by atoms with van der Waals surface area (Å²) in [7, 11) is -4.88. The maximum Gasteiger partial charge on any atom is 1.00 e. The van der Waals surface area contributed by atoms with Crippen molar-refractivity contribution < 1.29 is 41.4 Å². The van der Waals surface area contributed by atoms with Crippen molar-refractivity contribution in [1.29, 1.82) is 0 Å².